The largest absolute Gasteiger partial charge is 0.448 e. The number of hydrogen-bond donors (Lipinski definition) is 3. The van der Waals surface area contributed by atoms with Gasteiger partial charge >= 0.3 is 0 Å². The van der Waals surface area contributed by atoms with Crippen LogP contribution in [-0.4, -0.2) is 55.0 Å². The van der Waals surface area contributed by atoms with Crippen molar-refractivity contribution in [3.05, 3.63) is 65.6 Å². The SMILES string of the molecule is CC(C)(O)[C@H](F)CNC(=O)c1cnc(-c2ccc3cc(C#N)cnn23)cc1N[C@H]1CC[C@H](c2nc(C(F)F)co2)CC1. The summed E-state index contributed by atoms with van der Waals surface area (Å²) in [7, 11) is 0. The Morgan fingerprint density at radius 3 is 2.64 bits per heavy atom. The molecule has 1 saturated carbocycles. The first-order valence-electron chi connectivity index (χ1n) is 13.6. The predicted molar refractivity (Wildman–Crippen MR) is 147 cm³/mol. The van der Waals surface area contributed by atoms with Crippen LogP contribution in [0.15, 0.2) is 47.3 Å². The van der Waals surface area contributed by atoms with Crippen molar-refractivity contribution in [2.45, 2.75) is 69.7 Å². The summed E-state index contributed by atoms with van der Waals surface area (Å²) < 4.78 is 47.2. The molecule has 3 N–H and O–H groups in total. The molecule has 13 heteroatoms. The fourth-order valence-electron chi connectivity index (χ4n) is 4.97. The third kappa shape index (κ3) is 6.23. The number of nitriles is 1. The van der Waals surface area contributed by atoms with E-state index in [1.165, 1.54) is 26.2 Å². The topological polar surface area (TPSA) is 141 Å². The predicted octanol–water partition coefficient (Wildman–Crippen LogP) is 5.17. The molecule has 10 nitrogen and oxygen atoms in total. The van der Waals surface area contributed by atoms with Crippen molar-refractivity contribution >= 4 is 17.1 Å². The number of rotatable bonds is 9. The van der Waals surface area contributed by atoms with E-state index in [2.05, 4.69) is 31.8 Å². The lowest BCUT2D eigenvalue weighted by Gasteiger charge is -2.29. The molecule has 4 heterocycles. The van der Waals surface area contributed by atoms with Crippen LogP contribution in [-0.2, 0) is 0 Å². The second-order valence-corrected chi connectivity index (χ2v) is 11.0. The number of pyridine rings is 1. The summed E-state index contributed by atoms with van der Waals surface area (Å²) in [6.45, 7) is 2.26. The number of alkyl halides is 3. The van der Waals surface area contributed by atoms with Crippen LogP contribution in [0, 0.1) is 11.3 Å². The molecule has 4 aromatic rings. The van der Waals surface area contributed by atoms with E-state index in [-0.39, 0.29) is 29.8 Å². The average molecular weight is 582 g/mol. The maximum Gasteiger partial charge on any atom is 0.283 e. The first-order valence-corrected chi connectivity index (χ1v) is 13.6. The number of aromatic nitrogens is 4. The molecule has 1 amide bonds. The van der Waals surface area contributed by atoms with Gasteiger partial charge in [0.1, 0.15) is 24.2 Å². The van der Waals surface area contributed by atoms with Crippen molar-refractivity contribution in [3.63, 3.8) is 0 Å². The number of nitrogens with one attached hydrogen (secondary N) is 2. The fourth-order valence-corrected chi connectivity index (χ4v) is 4.97. The zero-order valence-corrected chi connectivity index (χ0v) is 23.0. The molecule has 0 radical (unpaired) electrons. The Bertz CT molecular complexity index is 1610. The van der Waals surface area contributed by atoms with Crippen molar-refractivity contribution in [2.24, 2.45) is 0 Å². The summed E-state index contributed by atoms with van der Waals surface area (Å²) in [5.74, 6) is -0.353. The maximum atomic E-state index is 14.4. The van der Waals surface area contributed by atoms with E-state index in [0.29, 0.717) is 59.7 Å². The molecule has 220 valence electrons. The van der Waals surface area contributed by atoms with Crippen LogP contribution in [0.2, 0.25) is 0 Å². The quantitative estimate of drug-likeness (QED) is 0.246. The lowest BCUT2D eigenvalue weighted by Crippen LogP contribution is -2.42. The summed E-state index contributed by atoms with van der Waals surface area (Å²) in [4.78, 5) is 21.6. The molecule has 4 aromatic heterocycles. The molecule has 1 aliphatic carbocycles. The summed E-state index contributed by atoms with van der Waals surface area (Å²) in [6.07, 6.45) is 2.08. The van der Waals surface area contributed by atoms with Crippen molar-refractivity contribution in [1.29, 1.82) is 5.26 Å². The van der Waals surface area contributed by atoms with E-state index >= 15 is 0 Å². The molecule has 1 aliphatic rings. The van der Waals surface area contributed by atoms with Gasteiger partial charge in [-0.1, -0.05) is 0 Å². The number of carbonyl (C=O) groups is 1. The maximum absolute atomic E-state index is 14.4. The van der Waals surface area contributed by atoms with E-state index < -0.39 is 24.1 Å². The van der Waals surface area contributed by atoms with Crippen LogP contribution in [0.3, 0.4) is 0 Å². The lowest BCUT2D eigenvalue weighted by atomic mass is 9.85. The molecule has 0 aromatic carbocycles. The van der Waals surface area contributed by atoms with Gasteiger partial charge in [-0.2, -0.15) is 10.4 Å². The van der Waals surface area contributed by atoms with E-state index in [4.69, 9.17) is 4.42 Å². The van der Waals surface area contributed by atoms with Crippen molar-refractivity contribution in [3.8, 4) is 17.5 Å². The molecule has 0 bridgehead atoms. The number of amides is 1. The second-order valence-electron chi connectivity index (χ2n) is 11.0. The number of anilines is 1. The van der Waals surface area contributed by atoms with Gasteiger partial charge in [-0.05, 0) is 63.8 Å². The first-order chi connectivity index (χ1) is 20.0. The van der Waals surface area contributed by atoms with Gasteiger partial charge in [0.2, 0.25) is 0 Å². The normalized spacial score (nSPS) is 18.1. The monoisotopic (exact) mass is 581 g/mol. The standard InChI is InChI=1S/C29H30F3N7O3/c1-29(2,41)25(30)14-35-27(40)20-13-34-22(24-8-7-19-9-16(11-33)12-36-39(19)24)10-21(20)37-18-5-3-17(4-6-18)28-38-23(15-42-28)26(31)32/h7-10,12-13,15,17-18,25-26,41H,3-6,14H2,1-2H3,(H,34,37)(H,35,40)/t17-,18-,25-/m1/s1. The highest BCUT2D eigenvalue weighted by molar-refractivity contribution is 6.00. The third-order valence-electron chi connectivity index (χ3n) is 7.45. The van der Waals surface area contributed by atoms with Crippen LogP contribution in [0.25, 0.3) is 16.9 Å². The van der Waals surface area contributed by atoms with Crippen molar-refractivity contribution in [1.82, 2.24) is 24.9 Å². The number of oxazole rings is 1. The molecular weight excluding hydrogens is 551 g/mol. The Balaban J connectivity index is 1.38. The van der Waals surface area contributed by atoms with Gasteiger partial charge in [-0.3, -0.25) is 9.78 Å². The minimum Gasteiger partial charge on any atom is -0.448 e. The molecule has 0 unspecified atom stereocenters. The van der Waals surface area contributed by atoms with Crippen molar-refractivity contribution in [2.75, 3.05) is 11.9 Å². The highest BCUT2D eigenvalue weighted by atomic mass is 19.3. The molecule has 0 aliphatic heterocycles. The van der Waals surface area contributed by atoms with E-state index in [0.717, 1.165) is 6.26 Å². The Hall–Kier alpha value is -4.44. The van der Waals surface area contributed by atoms with Crippen LogP contribution in [0.4, 0.5) is 18.9 Å². The zero-order valence-electron chi connectivity index (χ0n) is 23.0. The van der Waals surface area contributed by atoms with Gasteiger partial charge in [-0.25, -0.2) is 22.7 Å². The minimum atomic E-state index is -2.69. The average Bonchev–Trinajstić information content (AvgIpc) is 3.63. The molecule has 42 heavy (non-hydrogen) atoms. The first kappa shape index (κ1) is 29.1. The number of nitrogens with zero attached hydrogens (tertiary/aromatic N) is 5. The number of carbonyl (C=O) groups excluding carboxylic acids is 1. The number of fused-ring (bicyclic) bond motifs is 1. The number of hydrogen-bond acceptors (Lipinski definition) is 8. The summed E-state index contributed by atoms with van der Waals surface area (Å²) in [5, 5.41) is 29.4. The van der Waals surface area contributed by atoms with E-state index in [1.807, 2.05) is 6.07 Å². The Morgan fingerprint density at radius 2 is 1.98 bits per heavy atom. The van der Waals surface area contributed by atoms with Gasteiger partial charge in [-0.15, -0.1) is 0 Å². The van der Waals surface area contributed by atoms with Crippen LogP contribution in [0.5, 0.6) is 0 Å². The minimum absolute atomic E-state index is 0.0572. The summed E-state index contributed by atoms with van der Waals surface area (Å²) in [6, 6.07) is 9.03. The molecule has 5 rings (SSSR count). The van der Waals surface area contributed by atoms with Gasteiger partial charge in [0.25, 0.3) is 12.3 Å². The zero-order chi connectivity index (χ0) is 30.0. The van der Waals surface area contributed by atoms with Crippen LogP contribution >= 0.6 is 0 Å². The van der Waals surface area contributed by atoms with Crippen molar-refractivity contribution < 1.29 is 27.5 Å². The van der Waals surface area contributed by atoms with Crippen LogP contribution in [0.1, 0.15) is 79.4 Å². The molecule has 0 spiro atoms. The number of aliphatic hydroxyl groups is 1. The van der Waals surface area contributed by atoms with E-state index in [1.54, 1.807) is 22.7 Å². The van der Waals surface area contributed by atoms with Gasteiger partial charge < -0.3 is 20.2 Å². The summed E-state index contributed by atoms with van der Waals surface area (Å²) >= 11 is 0. The third-order valence-corrected chi connectivity index (χ3v) is 7.45. The second kappa shape index (κ2) is 11.8. The highest BCUT2D eigenvalue weighted by Gasteiger charge is 2.29. The van der Waals surface area contributed by atoms with Gasteiger partial charge in [0.05, 0.1) is 52.1 Å². The highest BCUT2D eigenvalue weighted by Crippen LogP contribution is 2.35. The Kier molecular flexibility index (Phi) is 8.17. The molecule has 0 saturated heterocycles. The summed E-state index contributed by atoms with van der Waals surface area (Å²) in [5.41, 5.74) is 0.930. The van der Waals surface area contributed by atoms with Gasteiger partial charge in [0, 0.05) is 18.2 Å². The van der Waals surface area contributed by atoms with Gasteiger partial charge in [0.15, 0.2) is 5.89 Å². The Labute approximate surface area is 239 Å². The smallest absolute Gasteiger partial charge is 0.283 e. The Morgan fingerprint density at radius 1 is 1.21 bits per heavy atom. The molecule has 1 atom stereocenters. The number of halogens is 3. The fraction of sp³-hybridized carbons (Fsp3) is 0.414. The van der Waals surface area contributed by atoms with Crippen LogP contribution < -0.4 is 10.6 Å². The molecule has 1 fully saturated rings. The lowest BCUT2D eigenvalue weighted by molar-refractivity contribution is -0.00177. The molecular formula is C29H30F3N7O3. The van der Waals surface area contributed by atoms with E-state index in [9.17, 15) is 28.3 Å².